The number of hydrogen-bond donors (Lipinski definition) is 1. The molecule has 2 fully saturated rings. The number of thioether (sulfide) groups is 1. The standard InChI is InChI=1S/C13H22F2N2OS.ClH/c1-3-19-10-5-4-9(6-10)17(2)12(18)11-7-13(14,15)8-16-11;/h9-11,16H,3-8H2,1-2H3;1H. The molecular weight excluding hydrogens is 306 g/mol. The predicted octanol–water partition coefficient (Wildman–Crippen LogP) is 2.54. The lowest BCUT2D eigenvalue weighted by atomic mass is 10.1. The molecule has 1 amide bonds. The van der Waals surface area contributed by atoms with Crippen molar-refractivity contribution in [3.63, 3.8) is 0 Å². The summed E-state index contributed by atoms with van der Waals surface area (Å²) in [5.74, 6) is -1.83. The van der Waals surface area contributed by atoms with Crippen LogP contribution in [0.1, 0.15) is 32.6 Å². The van der Waals surface area contributed by atoms with E-state index in [4.69, 9.17) is 0 Å². The van der Waals surface area contributed by atoms with Crippen LogP contribution in [0.3, 0.4) is 0 Å². The highest BCUT2D eigenvalue weighted by atomic mass is 35.5. The number of halogens is 3. The average molecular weight is 329 g/mol. The second kappa shape index (κ2) is 7.27. The third kappa shape index (κ3) is 4.21. The second-order valence-electron chi connectivity index (χ2n) is 5.49. The SMILES string of the molecule is CCSC1CCC(N(C)C(=O)C2CC(F)(F)CN2)C1.Cl. The Hall–Kier alpha value is -0.0700. The molecule has 0 bridgehead atoms. The van der Waals surface area contributed by atoms with Crippen molar-refractivity contribution >= 4 is 30.1 Å². The van der Waals surface area contributed by atoms with Crippen LogP contribution in [0, 0.1) is 0 Å². The molecule has 3 nitrogen and oxygen atoms in total. The number of nitrogens with one attached hydrogen (secondary N) is 1. The lowest BCUT2D eigenvalue weighted by molar-refractivity contribution is -0.134. The van der Waals surface area contributed by atoms with Gasteiger partial charge in [-0.25, -0.2) is 8.78 Å². The Bertz CT molecular complexity index is 346. The third-order valence-electron chi connectivity index (χ3n) is 4.06. The van der Waals surface area contributed by atoms with Crippen LogP contribution in [0.4, 0.5) is 8.78 Å². The van der Waals surface area contributed by atoms with E-state index in [0.29, 0.717) is 5.25 Å². The number of hydrogen-bond acceptors (Lipinski definition) is 3. The monoisotopic (exact) mass is 328 g/mol. The summed E-state index contributed by atoms with van der Waals surface area (Å²) in [7, 11) is 1.75. The van der Waals surface area contributed by atoms with Gasteiger partial charge in [-0.1, -0.05) is 6.92 Å². The lowest BCUT2D eigenvalue weighted by Crippen LogP contribution is -2.45. The van der Waals surface area contributed by atoms with Gasteiger partial charge in [0.1, 0.15) is 0 Å². The van der Waals surface area contributed by atoms with Crippen LogP contribution in [0.5, 0.6) is 0 Å². The molecule has 3 atom stereocenters. The van der Waals surface area contributed by atoms with Crippen molar-refractivity contribution in [1.29, 1.82) is 0 Å². The summed E-state index contributed by atoms with van der Waals surface area (Å²) in [6.45, 7) is 1.76. The average Bonchev–Trinajstić information content (AvgIpc) is 2.94. The maximum atomic E-state index is 13.1. The van der Waals surface area contributed by atoms with Gasteiger partial charge in [0, 0.05) is 24.8 Å². The van der Waals surface area contributed by atoms with Gasteiger partial charge >= 0.3 is 0 Å². The van der Waals surface area contributed by atoms with E-state index < -0.39 is 12.0 Å². The summed E-state index contributed by atoms with van der Waals surface area (Å²) in [4.78, 5) is 13.9. The first-order valence-electron chi connectivity index (χ1n) is 6.92. The number of nitrogens with zero attached hydrogens (tertiary/aromatic N) is 1. The van der Waals surface area contributed by atoms with Crippen molar-refractivity contribution in [2.24, 2.45) is 0 Å². The molecule has 0 aromatic heterocycles. The van der Waals surface area contributed by atoms with E-state index in [0.717, 1.165) is 25.0 Å². The van der Waals surface area contributed by atoms with E-state index in [1.54, 1.807) is 11.9 Å². The summed E-state index contributed by atoms with van der Waals surface area (Å²) in [5, 5.41) is 3.26. The first kappa shape index (κ1) is 18.0. The van der Waals surface area contributed by atoms with Crippen LogP contribution in [-0.2, 0) is 4.79 Å². The first-order chi connectivity index (χ1) is 8.93. The molecule has 2 aliphatic rings. The highest BCUT2D eigenvalue weighted by Crippen LogP contribution is 2.33. The topological polar surface area (TPSA) is 32.3 Å². The predicted molar refractivity (Wildman–Crippen MR) is 80.9 cm³/mol. The van der Waals surface area contributed by atoms with Crippen LogP contribution in [0.15, 0.2) is 0 Å². The first-order valence-corrected chi connectivity index (χ1v) is 7.97. The van der Waals surface area contributed by atoms with E-state index in [1.807, 2.05) is 11.8 Å². The molecule has 1 aliphatic carbocycles. The van der Waals surface area contributed by atoms with Crippen molar-refractivity contribution in [3.05, 3.63) is 0 Å². The minimum absolute atomic E-state index is 0. The van der Waals surface area contributed by atoms with Crippen LogP contribution in [-0.4, -0.2) is 53.4 Å². The number of alkyl halides is 2. The van der Waals surface area contributed by atoms with Crippen molar-refractivity contribution in [2.45, 2.75) is 55.9 Å². The molecule has 3 unspecified atom stereocenters. The fourth-order valence-electron chi connectivity index (χ4n) is 2.97. The molecule has 7 heteroatoms. The molecule has 1 saturated carbocycles. The smallest absolute Gasteiger partial charge is 0.262 e. The zero-order valence-corrected chi connectivity index (χ0v) is 13.5. The van der Waals surface area contributed by atoms with Crippen LogP contribution in [0.2, 0.25) is 0 Å². The molecule has 1 N–H and O–H groups in total. The molecule has 0 spiro atoms. The van der Waals surface area contributed by atoms with Gasteiger partial charge in [0.15, 0.2) is 0 Å². The molecule has 20 heavy (non-hydrogen) atoms. The maximum Gasteiger partial charge on any atom is 0.262 e. The quantitative estimate of drug-likeness (QED) is 0.860. The van der Waals surface area contributed by atoms with Crippen molar-refractivity contribution in [1.82, 2.24) is 10.2 Å². The van der Waals surface area contributed by atoms with Gasteiger partial charge in [-0.15, -0.1) is 12.4 Å². The fraction of sp³-hybridized carbons (Fsp3) is 0.923. The summed E-state index contributed by atoms with van der Waals surface area (Å²) in [5.41, 5.74) is 0. The molecular formula is C13H23ClF2N2OS. The number of carbonyl (C=O) groups excluding carboxylic acids is 1. The highest BCUT2D eigenvalue weighted by molar-refractivity contribution is 7.99. The number of amides is 1. The van der Waals surface area contributed by atoms with E-state index in [-0.39, 0.29) is 37.3 Å². The molecule has 1 heterocycles. The van der Waals surface area contributed by atoms with Gasteiger partial charge in [-0.2, -0.15) is 11.8 Å². The van der Waals surface area contributed by atoms with E-state index in [1.165, 1.54) is 0 Å². The largest absolute Gasteiger partial charge is 0.341 e. The molecule has 118 valence electrons. The minimum atomic E-state index is -2.74. The Morgan fingerprint density at radius 1 is 1.45 bits per heavy atom. The summed E-state index contributed by atoms with van der Waals surface area (Å²) in [6, 6.07) is -0.495. The van der Waals surface area contributed by atoms with E-state index in [2.05, 4.69) is 12.2 Å². The van der Waals surface area contributed by atoms with Gasteiger partial charge < -0.3 is 4.90 Å². The molecule has 0 aromatic carbocycles. The van der Waals surface area contributed by atoms with E-state index >= 15 is 0 Å². The van der Waals surface area contributed by atoms with Crippen LogP contribution >= 0.6 is 24.2 Å². The second-order valence-corrected chi connectivity index (χ2v) is 7.06. The normalized spacial score (nSPS) is 31.9. The molecule has 0 radical (unpaired) electrons. The maximum absolute atomic E-state index is 13.1. The van der Waals surface area contributed by atoms with E-state index in [9.17, 15) is 13.6 Å². The molecule has 0 aromatic rings. The Kier molecular flexibility index (Phi) is 6.54. The molecule has 2 rings (SSSR count). The van der Waals surface area contributed by atoms with Crippen molar-refractivity contribution in [3.8, 4) is 0 Å². The van der Waals surface area contributed by atoms with Crippen LogP contribution in [0.25, 0.3) is 0 Å². The number of likely N-dealkylation sites (N-methyl/N-ethyl adjacent to an activating group) is 1. The van der Waals surface area contributed by atoms with Gasteiger partial charge in [0.25, 0.3) is 5.92 Å². The van der Waals surface area contributed by atoms with Gasteiger partial charge in [-0.05, 0) is 25.0 Å². The van der Waals surface area contributed by atoms with Gasteiger partial charge in [0.05, 0.1) is 12.6 Å². The van der Waals surface area contributed by atoms with Gasteiger partial charge in [0.2, 0.25) is 5.91 Å². The highest BCUT2D eigenvalue weighted by Gasteiger charge is 2.44. The zero-order chi connectivity index (χ0) is 14.0. The lowest BCUT2D eigenvalue weighted by Gasteiger charge is -2.27. The Morgan fingerprint density at radius 3 is 2.70 bits per heavy atom. The van der Waals surface area contributed by atoms with Crippen molar-refractivity contribution < 1.29 is 13.6 Å². The molecule has 1 saturated heterocycles. The summed E-state index contributed by atoms with van der Waals surface area (Å²) >= 11 is 1.93. The Labute approximate surface area is 129 Å². The zero-order valence-electron chi connectivity index (χ0n) is 11.9. The number of carbonyl (C=O) groups is 1. The summed E-state index contributed by atoms with van der Waals surface area (Å²) in [6.07, 6.45) is 2.73. The van der Waals surface area contributed by atoms with Gasteiger partial charge in [-0.3, -0.25) is 10.1 Å². The molecule has 1 aliphatic heterocycles. The van der Waals surface area contributed by atoms with Crippen molar-refractivity contribution in [2.75, 3.05) is 19.3 Å². The summed E-state index contributed by atoms with van der Waals surface area (Å²) < 4.78 is 26.2. The number of rotatable bonds is 4. The fourth-order valence-corrected chi connectivity index (χ4v) is 4.10. The Balaban J connectivity index is 0.00000200. The third-order valence-corrected chi connectivity index (χ3v) is 5.30. The Morgan fingerprint density at radius 2 is 2.15 bits per heavy atom. The van der Waals surface area contributed by atoms with Crippen LogP contribution < -0.4 is 5.32 Å². The minimum Gasteiger partial charge on any atom is -0.341 e.